The third kappa shape index (κ3) is 2.42. The topological polar surface area (TPSA) is 113 Å². The van der Waals surface area contributed by atoms with Crippen LogP contribution in [0.2, 0.25) is 0 Å². The summed E-state index contributed by atoms with van der Waals surface area (Å²) in [5, 5.41) is 21.6. The number of fused-ring (bicyclic) bond motifs is 3. The normalized spacial score (nSPS) is 27.9. The van der Waals surface area contributed by atoms with Crippen molar-refractivity contribution in [1.29, 1.82) is 0 Å². The second kappa shape index (κ2) is 5.42. The van der Waals surface area contributed by atoms with Gasteiger partial charge >= 0.3 is 0 Å². The van der Waals surface area contributed by atoms with Gasteiger partial charge in [-0.05, 0) is 43.4 Å². The molecule has 2 bridgehead atoms. The number of nitrogens with one attached hydrogen (secondary N) is 2. The fourth-order valence-electron chi connectivity index (χ4n) is 4.50. The maximum Gasteiger partial charge on any atom is 0.222 e. The highest BCUT2D eigenvalue weighted by molar-refractivity contribution is 5.92. The first kappa shape index (κ1) is 14.7. The van der Waals surface area contributed by atoms with E-state index in [1.807, 2.05) is 24.3 Å². The van der Waals surface area contributed by atoms with Gasteiger partial charge in [-0.25, -0.2) is 4.98 Å². The summed E-state index contributed by atoms with van der Waals surface area (Å²) < 4.78 is 0. The molecule has 0 unspecified atom stereocenters. The lowest BCUT2D eigenvalue weighted by Gasteiger charge is -2.27. The zero-order chi connectivity index (χ0) is 17.0. The lowest BCUT2D eigenvalue weighted by molar-refractivity contribution is 0.107. The zero-order valence-corrected chi connectivity index (χ0v) is 13.7. The van der Waals surface area contributed by atoms with Crippen molar-refractivity contribution in [2.75, 3.05) is 11.1 Å². The van der Waals surface area contributed by atoms with Crippen molar-refractivity contribution in [3.8, 4) is 11.3 Å². The van der Waals surface area contributed by atoms with Gasteiger partial charge in [-0.1, -0.05) is 6.07 Å². The minimum absolute atomic E-state index is 0.200. The molecule has 7 heteroatoms. The third-order valence-corrected chi connectivity index (χ3v) is 5.63. The number of aliphatic hydroxyl groups is 1. The van der Waals surface area contributed by atoms with E-state index in [2.05, 4.69) is 25.5 Å². The van der Waals surface area contributed by atoms with Crippen molar-refractivity contribution in [1.82, 2.24) is 20.2 Å². The predicted octanol–water partition coefficient (Wildman–Crippen LogP) is 2.17. The summed E-state index contributed by atoms with van der Waals surface area (Å²) in [5.74, 6) is 1.93. The molecule has 2 heterocycles. The molecule has 3 aromatic rings. The minimum atomic E-state index is -0.200. The van der Waals surface area contributed by atoms with E-state index in [-0.39, 0.29) is 18.1 Å². The van der Waals surface area contributed by atoms with Crippen LogP contribution in [-0.2, 0) is 0 Å². The number of aromatic nitrogens is 4. The Hall–Kier alpha value is -2.67. The number of nitrogen functional groups attached to an aromatic ring is 1. The van der Waals surface area contributed by atoms with Crippen molar-refractivity contribution in [2.24, 2.45) is 11.8 Å². The molecular weight excluding hydrogens is 316 g/mol. The third-order valence-electron chi connectivity index (χ3n) is 5.63. The van der Waals surface area contributed by atoms with Gasteiger partial charge in [0.15, 0.2) is 0 Å². The van der Waals surface area contributed by atoms with Crippen LogP contribution < -0.4 is 11.1 Å². The van der Waals surface area contributed by atoms with E-state index in [4.69, 9.17) is 5.73 Å². The molecule has 2 saturated carbocycles. The summed E-state index contributed by atoms with van der Waals surface area (Å²) in [7, 11) is 0. The van der Waals surface area contributed by atoms with Crippen LogP contribution in [0.25, 0.3) is 22.2 Å². The highest BCUT2D eigenvalue weighted by atomic mass is 16.3. The minimum Gasteiger partial charge on any atom is -0.393 e. The molecule has 2 aliphatic carbocycles. The molecule has 128 valence electrons. The molecule has 25 heavy (non-hydrogen) atoms. The average molecular weight is 336 g/mol. The Balaban J connectivity index is 1.52. The molecule has 2 aliphatic rings. The van der Waals surface area contributed by atoms with Gasteiger partial charge in [0.05, 0.1) is 17.3 Å². The number of hydrogen-bond acceptors (Lipinski definition) is 6. The molecule has 5 N–H and O–H groups in total. The summed E-state index contributed by atoms with van der Waals surface area (Å²) in [4.78, 5) is 8.81. The number of nitrogens with zero attached hydrogens (tertiary/aromatic N) is 3. The van der Waals surface area contributed by atoms with E-state index in [1.54, 1.807) is 6.20 Å². The zero-order valence-electron chi connectivity index (χ0n) is 13.7. The molecule has 0 radical (unpaired) electrons. The molecule has 0 aliphatic heterocycles. The number of hydrogen-bond donors (Lipinski definition) is 4. The highest BCUT2D eigenvalue weighted by Gasteiger charge is 2.45. The summed E-state index contributed by atoms with van der Waals surface area (Å²) in [6, 6.07) is 8.19. The van der Waals surface area contributed by atoms with Crippen LogP contribution >= 0.6 is 0 Å². The second-order valence-corrected chi connectivity index (χ2v) is 7.19. The van der Waals surface area contributed by atoms with E-state index in [9.17, 15) is 5.11 Å². The number of aliphatic hydroxyl groups excluding tert-OH is 1. The van der Waals surface area contributed by atoms with Gasteiger partial charge in [0, 0.05) is 29.1 Å². The average Bonchev–Trinajstić information content (AvgIpc) is 3.30. The standard InChI is InChI=1S/C18H20N6O/c19-18-22-15-8-10(13-3-4-20-24-13)1-2-11(15)17(23-18)21-14-6-9-5-12(14)16(25)7-9/h1-4,8-9,12,14,16,25H,5-7H2,(H,20,24)(H3,19,21,22,23)/t9-,12+,14-,16-/m0/s1. The van der Waals surface area contributed by atoms with Crippen LogP contribution in [0.15, 0.2) is 30.5 Å². The Bertz CT molecular complexity index is 925. The number of aromatic amines is 1. The van der Waals surface area contributed by atoms with E-state index < -0.39 is 0 Å². The highest BCUT2D eigenvalue weighted by Crippen LogP contribution is 2.46. The molecule has 4 atom stereocenters. The molecule has 2 fully saturated rings. The van der Waals surface area contributed by atoms with Gasteiger partial charge in [0.2, 0.25) is 5.95 Å². The van der Waals surface area contributed by atoms with E-state index in [0.717, 1.165) is 47.2 Å². The lowest BCUT2D eigenvalue weighted by atomic mass is 9.92. The molecule has 0 amide bonds. The summed E-state index contributed by atoms with van der Waals surface area (Å²) >= 11 is 0. The summed E-state index contributed by atoms with van der Waals surface area (Å²) in [5.41, 5.74) is 8.68. The molecule has 7 nitrogen and oxygen atoms in total. The Morgan fingerprint density at radius 2 is 2.08 bits per heavy atom. The number of H-pyrrole nitrogens is 1. The second-order valence-electron chi connectivity index (χ2n) is 7.19. The molecule has 0 spiro atoms. The van der Waals surface area contributed by atoms with E-state index in [1.165, 1.54) is 0 Å². The van der Waals surface area contributed by atoms with E-state index in [0.29, 0.717) is 11.8 Å². The van der Waals surface area contributed by atoms with Gasteiger partial charge in [-0.3, -0.25) is 5.10 Å². The molecule has 1 aromatic carbocycles. The van der Waals surface area contributed by atoms with Crippen molar-refractivity contribution >= 4 is 22.7 Å². The van der Waals surface area contributed by atoms with Crippen molar-refractivity contribution in [3.05, 3.63) is 30.5 Å². The van der Waals surface area contributed by atoms with E-state index >= 15 is 0 Å². The maximum atomic E-state index is 10.2. The smallest absolute Gasteiger partial charge is 0.222 e. The number of benzene rings is 1. The monoisotopic (exact) mass is 336 g/mol. The Labute approximate surface area is 144 Å². The fourth-order valence-corrected chi connectivity index (χ4v) is 4.50. The Kier molecular flexibility index (Phi) is 3.18. The van der Waals surface area contributed by atoms with Gasteiger partial charge in [0.1, 0.15) is 5.82 Å². The van der Waals surface area contributed by atoms with Crippen LogP contribution in [0.3, 0.4) is 0 Å². The number of anilines is 2. The van der Waals surface area contributed by atoms with Crippen LogP contribution in [0.4, 0.5) is 11.8 Å². The first-order chi connectivity index (χ1) is 12.2. The summed E-state index contributed by atoms with van der Waals surface area (Å²) in [6.45, 7) is 0. The molecular formula is C18H20N6O. The van der Waals surface area contributed by atoms with Gasteiger partial charge < -0.3 is 16.2 Å². The SMILES string of the molecule is Nc1nc(N[C@H]2C[C@@H]3C[C@H]2[C@@H](O)C3)c2ccc(-c3ccn[nH]3)cc2n1. The van der Waals surface area contributed by atoms with Gasteiger partial charge in [-0.2, -0.15) is 10.1 Å². The van der Waals surface area contributed by atoms with Crippen molar-refractivity contribution in [3.63, 3.8) is 0 Å². The van der Waals surface area contributed by atoms with Crippen LogP contribution in [0.5, 0.6) is 0 Å². The van der Waals surface area contributed by atoms with Crippen molar-refractivity contribution < 1.29 is 5.11 Å². The van der Waals surface area contributed by atoms with Crippen molar-refractivity contribution in [2.45, 2.75) is 31.4 Å². The largest absolute Gasteiger partial charge is 0.393 e. The molecule has 0 saturated heterocycles. The molecule has 2 aromatic heterocycles. The fraction of sp³-hybridized carbons (Fsp3) is 0.389. The van der Waals surface area contributed by atoms with Gasteiger partial charge in [0.25, 0.3) is 0 Å². The maximum absolute atomic E-state index is 10.2. The van der Waals surface area contributed by atoms with Gasteiger partial charge in [-0.15, -0.1) is 0 Å². The quantitative estimate of drug-likeness (QED) is 0.583. The first-order valence-corrected chi connectivity index (χ1v) is 8.69. The van der Waals surface area contributed by atoms with Crippen LogP contribution in [0, 0.1) is 11.8 Å². The summed E-state index contributed by atoms with van der Waals surface area (Å²) in [6.07, 6.45) is 4.64. The Morgan fingerprint density at radius 3 is 2.84 bits per heavy atom. The Morgan fingerprint density at radius 1 is 1.16 bits per heavy atom. The van der Waals surface area contributed by atoms with Crippen LogP contribution in [-0.4, -0.2) is 37.4 Å². The lowest BCUT2D eigenvalue weighted by Crippen LogP contribution is -2.34. The number of rotatable bonds is 3. The first-order valence-electron chi connectivity index (χ1n) is 8.69. The molecule has 5 rings (SSSR count). The number of nitrogens with two attached hydrogens (primary N) is 1. The van der Waals surface area contributed by atoms with Crippen LogP contribution in [0.1, 0.15) is 19.3 Å². The predicted molar refractivity (Wildman–Crippen MR) is 95.8 cm³/mol.